The van der Waals surface area contributed by atoms with Gasteiger partial charge in [-0.3, -0.25) is 9.59 Å². The summed E-state index contributed by atoms with van der Waals surface area (Å²) in [5.74, 6) is -3.31. The first-order valence-electron chi connectivity index (χ1n) is 13.6. The molecule has 0 aliphatic carbocycles. The van der Waals surface area contributed by atoms with Crippen molar-refractivity contribution in [3.05, 3.63) is 101 Å². The first-order valence-corrected chi connectivity index (χ1v) is 13.6. The highest BCUT2D eigenvalue weighted by Gasteiger charge is 2.22. The van der Waals surface area contributed by atoms with Crippen molar-refractivity contribution < 1.29 is 18.4 Å². The second-order valence-corrected chi connectivity index (χ2v) is 11.5. The molecule has 42 heavy (non-hydrogen) atoms. The fourth-order valence-electron chi connectivity index (χ4n) is 5.21. The minimum absolute atomic E-state index is 0.139. The Morgan fingerprint density at radius 1 is 1.02 bits per heavy atom. The van der Waals surface area contributed by atoms with Gasteiger partial charge in [0.05, 0.1) is 28.6 Å². The lowest BCUT2D eigenvalue weighted by molar-refractivity contribution is -0.112. The van der Waals surface area contributed by atoms with Crippen molar-refractivity contribution in [2.24, 2.45) is 7.05 Å². The average Bonchev–Trinajstić information content (AvgIpc) is 3.52. The Balaban J connectivity index is 1.44. The van der Waals surface area contributed by atoms with Crippen LogP contribution in [0.1, 0.15) is 48.0 Å². The SMILES string of the molecule is Cc1cc2c(ncn2C)c(C)c1-c1cccn2c(C(=O)c3cc(F)c(NC(=O)/C=C/CNC(C)(C)C)c(F)c3)ccc12. The summed E-state index contributed by atoms with van der Waals surface area (Å²) in [4.78, 5) is 30.3. The summed E-state index contributed by atoms with van der Waals surface area (Å²) in [6.07, 6.45) is 6.30. The van der Waals surface area contributed by atoms with Gasteiger partial charge in [-0.05, 0) is 87.7 Å². The lowest BCUT2D eigenvalue weighted by Crippen LogP contribution is -2.35. The molecule has 0 aliphatic rings. The Labute approximate surface area is 242 Å². The molecular formula is C33H33F2N5O2. The largest absolute Gasteiger partial charge is 0.334 e. The van der Waals surface area contributed by atoms with Crippen LogP contribution in [0.5, 0.6) is 0 Å². The third-order valence-corrected chi connectivity index (χ3v) is 7.23. The molecule has 2 N–H and O–H groups in total. The average molecular weight is 570 g/mol. The van der Waals surface area contributed by atoms with Gasteiger partial charge in [0.1, 0.15) is 17.3 Å². The van der Waals surface area contributed by atoms with Gasteiger partial charge in [-0.15, -0.1) is 0 Å². The zero-order valence-electron chi connectivity index (χ0n) is 24.5. The molecular weight excluding hydrogens is 536 g/mol. The number of imidazole rings is 1. The van der Waals surface area contributed by atoms with Crippen molar-refractivity contribution in [3.63, 3.8) is 0 Å². The minimum Gasteiger partial charge on any atom is -0.334 e. The molecule has 5 rings (SSSR count). The molecule has 0 spiro atoms. The number of nitrogens with one attached hydrogen (secondary N) is 2. The van der Waals surface area contributed by atoms with E-state index in [0.29, 0.717) is 6.54 Å². The summed E-state index contributed by atoms with van der Waals surface area (Å²) in [5, 5.41) is 5.41. The number of rotatable bonds is 7. The van der Waals surface area contributed by atoms with Gasteiger partial charge >= 0.3 is 0 Å². The van der Waals surface area contributed by atoms with E-state index >= 15 is 0 Å². The number of hydrogen-bond donors (Lipinski definition) is 2. The van der Waals surface area contributed by atoms with E-state index in [1.165, 1.54) is 6.08 Å². The Morgan fingerprint density at radius 2 is 1.74 bits per heavy atom. The molecule has 5 aromatic rings. The zero-order valence-corrected chi connectivity index (χ0v) is 24.5. The number of ketones is 1. The van der Waals surface area contributed by atoms with Crippen LogP contribution in [-0.4, -0.2) is 37.7 Å². The number of aromatic nitrogens is 3. The smallest absolute Gasteiger partial charge is 0.248 e. The highest BCUT2D eigenvalue weighted by atomic mass is 19.1. The van der Waals surface area contributed by atoms with Crippen LogP contribution in [0.15, 0.2) is 67.1 Å². The summed E-state index contributed by atoms with van der Waals surface area (Å²) >= 11 is 0. The topological polar surface area (TPSA) is 80.4 Å². The van der Waals surface area contributed by atoms with E-state index in [9.17, 15) is 18.4 Å². The van der Waals surface area contributed by atoms with Crippen molar-refractivity contribution in [2.75, 3.05) is 11.9 Å². The number of benzene rings is 2. The van der Waals surface area contributed by atoms with Crippen LogP contribution in [-0.2, 0) is 11.8 Å². The van der Waals surface area contributed by atoms with Gasteiger partial charge in [0.15, 0.2) is 0 Å². The molecule has 0 atom stereocenters. The van der Waals surface area contributed by atoms with Crippen LogP contribution in [0.3, 0.4) is 0 Å². The minimum atomic E-state index is -1.04. The van der Waals surface area contributed by atoms with Crippen LogP contribution < -0.4 is 10.6 Å². The number of pyridine rings is 1. The zero-order chi connectivity index (χ0) is 30.3. The van der Waals surface area contributed by atoms with E-state index in [-0.39, 0.29) is 16.8 Å². The first-order chi connectivity index (χ1) is 19.9. The summed E-state index contributed by atoms with van der Waals surface area (Å²) in [5.41, 5.74) is 6.07. The number of carbonyl (C=O) groups excluding carboxylic acids is 2. The van der Waals surface area contributed by atoms with Crippen molar-refractivity contribution in [2.45, 2.75) is 40.2 Å². The summed E-state index contributed by atoms with van der Waals surface area (Å²) in [6.45, 7) is 10.4. The predicted octanol–water partition coefficient (Wildman–Crippen LogP) is 6.50. The standard InChI is InChI=1S/C33H33F2N5O2/c1-19-15-27-30(36-18-39(27)6)20(2)29(19)22-9-8-14-40-25(22)11-12-26(40)32(42)21-16-23(34)31(24(35)17-21)38-28(41)10-7-13-37-33(3,4)5/h7-12,14-18,37H,13H2,1-6H3,(H,38,41)/b10-7+. The molecule has 0 saturated carbocycles. The molecule has 2 aromatic carbocycles. The number of fused-ring (bicyclic) bond motifs is 2. The number of aryl methyl sites for hydroxylation is 3. The maximum Gasteiger partial charge on any atom is 0.248 e. The quantitative estimate of drug-likeness (QED) is 0.173. The first kappa shape index (κ1) is 28.9. The van der Waals surface area contributed by atoms with E-state index in [0.717, 1.165) is 50.9 Å². The van der Waals surface area contributed by atoms with Crippen molar-refractivity contribution in [3.8, 4) is 11.1 Å². The second kappa shape index (κ2) is 11.0. The fourth-order valence-corrected chi connectivity index (χ4v) is 5.21. The van der Waals surface area contributed by atoms with Crippen LogP contribution >= 0.6 is 0 Å². The number of nitrogens with zero attached hydrogens (tertiary/aromatic N) is 3. The fraction of sp³-hybridized carbons (Fsp3) is 0.242. The van der Waals surface area contributed by atoms with Crippen LogP contribution in [0.4, 0.5) is 14.5 Å². The maximum atomic E-state index is 15.0. The van der Waals surface area contributed by atoms with Gasteiger partial charge in [-0.2, -0.15) is 0 Å². The van der Waals surface area contributed by atoms with E-state index in [4.69, 9.17) is 0 Å². The molecule has 3 aromatic heterocycles. The van der Waals surface area contributed by atoms with Crippen LogP contribution in [0, 0.1) is 25.5 Å². The Hall–Kier alpha value is -4.63. The summed E-state index contributed by atoms with van der Waals surface area (Å²) in [7, 11) is 1.95. The molecule has 7 nitrogen and oxygen atoms in total. The number of amides is 1. The van der Waals surface area contributed by atoms with Crippen LogP contribution in [0.25, 0.3) is 27.7 Å². The van der Waals surface area contributed by atoms with Gasteiger partial charge in [0.25, 0.3) is 0 Å². The molecule has 0 fully saturated rings. The highest BCUT2D eigenvalue weighted by molar-refractivity contribution is 6.09. The predicted molar refractivity (Wildman–Crippen MR) is 162 cm³/mol. The molecule has 0 bridgehead atoms. The Morgan fingerprint density at radius 3 is 2.43 bits per heavy atom. The number of halogens is 2. The Kier molecular flexibility index (Phi) is 7.55. The van der Waals surface area contributed by atoms with Crippen molar-refractivity contribution in [1.82, 2.24) is 19.3 Å². The summed E-state index contributed by atoms with van der Waals surface area (Å²) in [6, 6.07) is 11.3. The molecule has 0 saturated heterocycles. The molecule has 0 unspecified atom stereocenters. The van der Waals surface area contributed by atoms with Gasteiger partial charge in [0.2, 0.25) is 11.7 Å². The number of carbonyl (C=O) groups is 2. The number of hydrogen-bond acceptors (Lipinski definition) is 4. The van der Waals surface area contributed by atoms with Gasteiger partial charge in [-0.1, -0.05) is 12.1 Å². The second-order valence-electron chi connectivity index (χ2n) is 11.5. The third-order valence-electron chi connectivity index (χ3n) is 7.23. The van der Waals surface area contributed by atoms with Gasteiger partial charge in [-0.25, -0.2) is 13.8 Å². The molecule has 216 valence electrons. The van der Waals surface area contributed by atoms with E-state index in [2.05, 4.69) is 21.7 Å². The van der Waals surface area contributed by atoms with Gasteiger partial charge in [0, 0.05) is 42.5 Å². The van der Waals surface area contributed by atoms with Crippen molar-refractivity contribution >= 4 is 33.9 Å². The lowest BCUT2D eigenvalue weighted by Gasteiger charge is -2.18. The third kappa shape index (κ3) is 5.47. The number of anilines is 1. The Bertz CT molecular complexity index is 1870. The highest BCUT2D eigenvalue weighted by Crippen LogP contribution is 2.36. The molecule has 9 heteroatoms. The maximum absolute atomic E-state index is 15.0. The van der Waals surface area contributed by atoms with E-state index < -0.39 is 29.0 Å². The lowest BCUT2D eigenvalue weighted by atomic mass is 9.94. The molecule has 3 heterocycles. The molecule has 0 aliphatic heterocycles. The van der Waals surface area contributed by atoms with Crippen molar-refractivity contribution in [1.29, 1.82) is 0 Å². The monoisotopic (exact) mass is 569 g/mol. The molecule has 0 radical (unpaired) electrons. The normalized spacial score (nSPS) is 12.1. The van der Waals surface area contributed by atoms with E-state index in [1.807, 2.05) is 64.4 Å². The van der Waals surface area contributed by atoms with Gasteiger partial charge < -0.3 is 19.6 Å². The molecule has 1 amide bonds. The van der Waals surface area contributed by atoms with Crippen LogP contribution in [0.2, 0.25) is 0 Å². The summed E-state index contributed by atoms with van der Waals surface area (Å²) < 4.78 is 33.7. The van der Waals surface area contributed by atoms with E-state index in [1.54, 1.807) is 29.1 Å².